The summed E-state index contributed by atoms with van der Waals surface area (Å²) in [5, 5.41) is 19.6. The van der Waals surface area contributed by atoms with E-state index in [4.69, 9.17) is 4.74 Å². The number of non-ortho nitro benzene ring substituents is 1. The lowest BCUT2D eigenvalue weighted by Gasteiger charge is -2.31. The number of allylic oxidation sites excluding steroid dienone is 2. The van der Waals surface area contributed by atoms with Gasteiger partial charge in [0.05, 0.1) is 30.6 Å². The number of benzene rings is 2. The van der Waals surface area contributed by atoms with Crippen molar-refractivity contribution in [2.24, 2.45) is 10.2 Å². The minimum absolute atomic E-state index is 0.0957. The molecule has 8 heteroatoms. The molecule has 0 bridgehead atoms. The summed E-state index contributed by atoms with van der Waals surface area (Å²) in [6.45, 7) is 2.97. The third kappa shape index (κ3) is 5.57. The van der Waals surface area contributed by atoms with Crippen LogP contribution in [0.4, 0.5) is 5.69 Å². The zero-order valence-electron chi connectivity index (χ0n) is 17.5. The zero-order valence-corrected chi connectivity index (χ0v) is 19.1. The van der Waals surface area contributed by atoms with Crippen molar-refractivity contribution < 1.29 is 9.66 Å². The maximum atomic E-state index is 11.1. The normalized spacial score (nSPS) is 18.4. The molecular formula is C24H23BrN4O3. The molecule has 0 atom stereocenters. The monoisotopic (exact) mass is 494 g/mol. The van der Waals surface area contributed by atoms with Crippen LogP contribution in [0.15, 0.2) is 80.0 Å². The van der Waals surface area contributed by atoms with Crippen LogP contribution in [0.1, 0.15) is 24.0 Å². The zero-order chi connectivity index (χ0) is 22.3. The highest BCUT2D eigenvalue weighted by molar-refractivity contribution is 9.10. The van der Waals surface area contributed by atoms with Gasteiger partial charge in [-0.15, -0.1) is 0 Å². The number of nitro benzene ring substituents is 1. The Kier molecular flexibility index (Phi) is 7.24. The first-order chi connectivity index (χ1) is 15.6. The molecule has 164 valence electrons. The number of halogens is 1. The first-order valence-corrected chi connectivity index (χ1v) is 11.2. The van der Waals surface area contributed by atoms with Crippen molar-refractivity contribution in [2.75, 3.05) is 26.3 Å². The number of ether oxygens (including phenoxy) is 1. The van der Waals surface area contributed by atoms with E-state index in [2.05, 4.69) is 31.0 Å². The smallest absolute Gasteiger partial charge is 0.270 e. The topological polar surface area (TPSA) is 80.3 Å². The van der Waals surface area contributed by atoms with E-state index in [1.165, 1.54) is 6.07 Å². The fourth-order valence-electron chi connectivity index (χ4n) is 3.85. The van der Waals surface area contributed by atoms with E-state index in [0.29, 0.717) is 13.2 Å². The van der Waals surface area contributed by atoms with E-state index >= 15 is 0 Å². The first-order valence-electron chi connectivity index (χ1n) is 10.4. The second kappa shape index (κ2) is 10.5. The first kappa shape index (κ1) is 22.1. The van der Waals surface area contributed by atoms with Gasteiger partial charge in [0.2, 0.25) is 0 Å². The Morgan fingerprint density at radius 3 is 2.50 bits per heavy atom. The van der Waals surface area contributed by atoms with Crippen molar-refractivity contribution in [1.82, 2.24) is 4.90 Å². The second-order valence-corrected chi connectivity index (χ2v) is 8.45. The number of nitro groups is 1. The highest BCUT2D eigenvalue weighted by Gasteiger charge is 2.25. The third-order valence-electron chi connectivity index (χ3n) is 5.38. The Labute approximate surface area is 195 Å². The van der Waals surface area contributed by atoms with Gasteiger partial charge in [0.25, 0.3) is 5.69 Å². The largest absolute Gasteiger partial charge is 0.378 e. The molecule has 2 aromatic carbocycles. The molecule has 0 spiro atoms. The van der Waals surface area contributed by atoms with E-state index in [-0.39, 0.29) is 10.6 Å². The van der Waals surface area contributed by atoms with E-state index in [9.17, 15) is 10.1 Å². The standard InChI is InChI=1S/C24H23BrN4O3/c25-22-8-4-18(5-9-22)16-26-27-17-21-7-6-20(24(21)28-10-12-32-13-11-28)14-19-2-1-3-23(15-19)29(30)31/h1-5,8-9,14-17H,6-7,10-13H2. The van der Waals surface area contributed by atoms with Crippen LogP contribution in [0.2, 0.25) is 0 Å². The molecule has 1 heterocycles. The minimum atomic E-state index is -0.364. The summed E-state index contributed by atoms with van der Waals surface area (Å²) in [6, 6.07) is 14.6. The number of morpholine rings is 1. The van der Waals surface area contributed by atoms with Crippen molar-refractivity contribution in [2.45, 2.75) is 12.8 Å². The predicted molar refractivity (Wildman–Crippen MR) is 130 cm³/mol. The molecule has 4 rings (SSSR count). The molecule has 0 radical (unpaired) electrons. The Morgan fingerprint density at radius 2 is 1.75 bits per heavy atom. The van der Waals surface area contributed by atoms with E-state index in [0.717, 1.165) is 58.4 Å². The molecule has 2 aromatic rings. The average molecular weight is 495 g/mol. The van der Waals surface area contributed by atoms with Gasteiger partial charge in [-0.1, -0.05) is 40.2 Å². The van der Waals surface area contributed by atoms with Crippen LogP contribution in [-0.2, 0) is 4.74 Å². The van der Waals surface area contributed by atoms with Gasteiger partial charge >= 0.3 is 0 Å². The lowest BCUT2D eigenvalue weighted by Crippen LogP contribution is -2.36. The Morgan fingerprint density at radius 1 is 1.00 bits per heavy atom. The van der Waals surface area contributed by atoms with Crippen LogP contribution in [0.25, 0.3) is 6.08 Å². The highest BCUT2D eigenvalue weighted by atomic mass is 79.9. The van der Waals surface area contributed by atoms with E-state index in [1.54, 1.807) is 18.3 Å². The van der Waals surface area contributed by atoms with Gasteiger partial charge in [0, 0.05) is 35.4 Å². The average Bonchev–Trinajstić information content (AvgIpc) is 3.21. The number of hydrogen-bond donors (Lipinski definition) is 0. The fourth-order valence-corrected chi connectivity index (χ4v) is 4.12. The van der Waals surface area contributed by atoms with Crippen LogP contribution in [0.3, 0.4) is 0 Å². The molecule has 2 aliphatic rings. The molecule has 0 aromatic heterocycles. The van der Waals surface area contributed by atoms with Gasteiger partial charge in [-0.3, -0.25) is 10.1 Å². The molecule has 1 aliphatic carbocycles. The van der Waals surface area contributed by atoms with Crippen molar-refractivity contribution in [3.8, 4) is 0 Å². The molecule has 0 unspecified atom stereocenters. The third-order valence-corrected chi connectivity index (χ3v) is 5.91. The Balaban J connectivity index is 1.60. The Bertz CT molecular complexity index is 1100. The maximum Gasteiger partial charge on any atom is 0.270 e. The predicted octanol–water partition coefficient (Wildman–Crippen LogP) is 5.23. The molecule has 0 saturated carbocycles. The molecule has 32 heavy (non-hydrogen) atoms. The lowest BCUT2D eigenvalue weighted by atomic mass is 10.1. The summed E-state index contributed by atoms with van der Waals surface area (Å²) in [4.78, 5) is 13.1. The van der Waals surface area contributed by atoms with Crippen molar-refractivity contribution in [1.29, 1.82) is 0 Å². The summed E-state index contributed by atoms with van der Waals surface area (Å²) in [6.07, 6.45) is 7.31. The second-order valence-electron chi connectivity index (χ2n) is 7.54. The highest BCUT2D eigenvalue weighted by Crippen LogP contribution is 2.35. The van der Waals surface area contributed by atoms with E-state index < -0.39 is 0 Å². The van der Waals surface area contributed by atoms with Crippen molar-refractivity contribution >= 4 is 40.1 Å². The number of hydrogen-bond acceptors (Lipinski definition) is 6. The summed E-state index contributed by atoms with van der Waals surface area (Å²) in [5.41, 5.74) is 5.32. The fraction of sp³-hybridized carbons (Fsp3) is 0.250. The molecule has 0 N–H and O–H groups in total. The molecular weight excluding hydrogens is 472 g/mol. The van der Waals surface area contributed by atoms with Gasteiger partial charge in [-0.2, -0.15) is 10.2 Å². The Hall–Kier alpha value is -3.10. The molecule has 1 aliphatic heterocycles. The van der Waals surface area contributed by atoms with Crippen LogP contribution in [-0.4, -0.2) is 48.6 Å². The van der Waals surface area contributed by atoms with Gasteiger partial charge in [0.15, 0.2) is 0 Å². The van der Waals surface area contributed by atoms with Crippen LogP contribution in [0, 0.1) is 10.1 Å². The number of rotatable bonds is 6. The summed E-state index contributed by atoms with van der Waals surface area (Å²) in [5.74, 6) is 0. The lowest BCUT2D eigenvalue weighted by molar-refractivity contribution is -0.384. The van der Waals surface area contributed by atoms with Gasteiger partial charge in [0.1, 0.15) is 0 Å². The molecule has 1 saturated heterocycles. The van der Waals surface area contributed by atoms with Crippen LogP contribution < -0.4 is 0 Å². The molecule has 0 amide bonds. The van der Waals surface area contributed by atoms with Crippen molar-refractivity contribution in [3.63, 3.8) is 0 Å². The molecule has 7 nitrogen and oxygen atoms in total. The van der Waals surface area contributed by atoms with Crippen LogP contribution in [0.5, 0.6) is 0 Å². The quantitative estimate of drug-likeness (QED) is 0.313. The van der Waals surface area contributed by atoms with E-state index in [1.807, 2.05) is 42.6 Å². The summed E-state index contributed by atoms with van der Waals surface area (Å²) < 4.78 is 6.55. The maximum absolute atomic E-state index is 11.1. The minimum Gasteiger partial charge on any atom is -0.378 e. The SMILES string of the molecule is O=[N+]([O-])c1cccc(C=C2CCC(C=NN=Cc3ccc(Br)cc3)=C2N2CCOCC2)c1. The summed E-state index contributed by atoms with van der Waals surface area (Å²) in [7, 11) is 0. The van der Waals surface area contributed by atoms with Gasteiger partial charge in [-0.25, -0.2) is 0 Å². The van der Waals surface area contributed by atoms with Crippen LogP contribution >= 0.6 is 15.9 Å². The van der Waals surface area contributed by atoms with Crippen molar-refractivity contribution in [3.05, 3.63) is 91.1 Å². The van der Waals surface area contributed by atoms with Gasteiger partial charge in [-0.05, 0) is 53.3 Å². The molecule has 1 fully saturated rings. The number of nitrogens with zero attached hydrogens (tertiary/aromatic N) is 4. The summed E-state index contributed by atoms with van der Waals surface area (Å²) >= 11 is 3.42. The van der Waals surface area contributed by atoms with Gasteiger partial charge < -0.3 is 9.64 Å².